The van der Waals surface area contributed by atoms with Crippen LogP contribution in [0.25, 0.3) is 0 Å². The minimum absolute atomic E-state index is 0. The molecule has 1 saturated heterocycles. The molecule has 0 amide bonds. The number of carbonyl (C=O) groups is 1. The average Bonchev–Trinajstić information content (AvgIpc) is 2.64. The van der Waals surface area contributed by atoms with Gasteiger partial charge >= 0.3 is 0 Å². The topological polar surface area (TPSA) is 29.1 Å². The number of carbonyl (C=O) groups excluding carboxylic acids is 1. The number of Topliss-reactive ketones (excluding diaryl/α,β-unsaturated/α-hetero) is 1. The van der Waals surface area contributed by atoms with E-state index in [1.807, 2.05) is 18.2 Å². The van der Waals surface area contributed by atoms with E-state index in [1.54, 1.807) is 11.8 Å². The zero-order valence-corrected chi connectivity index (χ0v) is 14.7. The summed E-state index contributed by atoms with van der Waals surface area (Å²) in [6, 6.07) is 16.5. The fourth-order valence-corrected chi connectivity index (χ4v) is 4.72. The van der Waals surface area contributed by atoms with Gasteiger partial charge in [0.05, 0.1) is 5.41 Å². The van der Waals surface area contributed by atoms with Gasteiger partial charge in [0.2, 0.25) is 0 Å². The fraction of sp³-hybridized carbons (Fsp3) is 0.278. The molecule has 0 unspecified atom stereocenters. The number of nitrogens with one attached hydrogen (secondary N) is 1. The quantitative estimate of drug-likeness (QED) is 0.746. The smallest absolute Gasteiger partial charge is 0.174 e. The van der Waals surface area contributed by atoms with Crippen molar-refractivity contribution in [2.75, 3.05) is 13.1 Å². The van der Waals surface area contributed by atoms with E-state index in [-0.39, 0.29) is 22.4 Å². The molecule has 0 aromatic heterocycles. The Morgan fingerprint density at radius 2 is 1.55 bits per heavy atom. The van der Waals surface area contributed by atoms with E-state index in [4.69, 9.17) is 0 Å². The van der Waals surface area contributed by atoms with Crippen LogP contribution in [0.15, 0.2) is 58.3 Å². The van der Waals surface area contributed by atoms with Crippen molar-refractivity contribution in [2.45, 2.75) is 28.0 Å². The average molecular weight is 376 g/mol. The van der Waals surface area contributed by atoms with Crippen LogP contribution in [-0.2, 0) is 5.41 Å². The van der Waals surface area contributed by atoms with Crippen LogP contribution in [0, 0.1) is 0 Å². The van der Waals surface area contributed by atoms with Gasteiger partial charge in [0.25, 0.3) is 0 Å². The van der Waals surface area contributed by atoms with E-state index in [9.17, 15) is 4.79 Å². The summed E-state index contributed by atoms with van der Waals surface area (Å²) in [6.07, 6.45) is 1.77. The molecule has 1 N–H and O–H groups in total. The molecule has 1 fully saturated rings. The number of benzene rings is 2. The zero-order valence-electron chi connectivity index (χ0n) is 12.2. The maximum absolute atomic E-state index is 13.3. The summed E-state index contributed by atoms with van der Waals surface area (Å²) in [5.41, 5.74) is 1.76. The van der Waals surface area contributed by atoms with Crippen LogP contribution in [0.1, 0.15) is 28.8 Å². The van der Waals surface area contributed by atoms with Gasteiger partial charge in [-0.2, -0.15) is 0 Å². The Morgan fingerprint density at radius 3 is 2.32 bits per heavy atom. The highest BCUT2D eigenvalue weighted by Gasteiger charge is 2.45. The normalized spacial score (nSPS) is 18.8. The third-order valence-electron chi connectivity index (χ3n) is 4.65. The standard InChI is InChI=1S/C18H17NOS.BrH/c20-17-13-5-1-3-7-15(13)21-16-8-4-2-6-14(16)18(17)9-11-19-12-10-18;/h1-8,19H,9-12H2;1H. The lowest BCUT2D eigenvalue weighted by molar-refractivity contribution is 0.0842. The van der Waals surface area contributed by atoms with Crippen LogP contribution < -0.4 is 5.32 Å². The first kappa shape index (κ1) is 15.8. The van der Waals surface area contributed by atoms with E-state index in [0.717, 1.165) is 36.4 Å². The van der Waals surface area contributed by atoms with Gasteiger partial charge < -0.3 is 5.32 Å². The van der Waals surface area contributed by atoms with Crippen LogP contribution in [-0.4, -0.2) is 18.9 Å². The summed E-state index contributed by atoms with van der Waals surface area (Å²) in [7, 11) is 0. The molecule has 2 nitrogen and oxygen atoms in total. The Labute approximate surface area is 145 Å². The molecule has 0 bridgehead atoms. The molecule has 2 aromatic rings. The van der Waals surface area contributed by atoms with Gasteiger partial charge in [0.1, 0.15) is 0 Å². The van der Waals surface area contributed by atoms with Crippen LogP contribution in [0.4, 0.5) is 0 Å². The number of fused-ring (bicyclic) bond motifs is 3. The summed E-state index contributed by atoms with van der Waals surface area (Å²) in [4.78, 5) is 15.7. The van der Waals surface area contributed by atoms with Crippen molar-refractivity contribution < 1.29 is 4.79 Å². The van der Waals surface area contributed by atoms with E-state index < -0.39 is 0 Å². The van der Waals surface area contributed by atoms with Gasteiger partial charge in [0.15, 0.2) is 5.78 Å². The van der Waals surface area contributed by atoms with E-state index in [2.05, 4.69) is 35.6 Å². The van der Waals surface area contributed by atoms with Crippen LogP contribution in [0.3, 0.4) is 0 Å². The molecule has 1 spiro atoms. The Morgan fingerprint density at radius 1 is 0.909 bits per heavy atom. The minimum atomic E-state index is -0.346. The van der Waals surface area contributed by atoms with Crippen LogP contribution >= 0.6 is 28.7 Å². The fourth-order valence-electron chi connectivity index (χ4n) is 3.54. The second kappa shape index (κ2) is 6.19. The third-order valence-corrected chi connectivity index (χ3v) is 5.80. The van der Waals surface area contributed by atoms with Gasteiger partial charge in [0, 0.05) is 15.4 Å². The Balaban J connectivity index is 0.00000144. The van der Waals surface area contributed by atoms with Crippen molar-refractivity contribution in [1.82, 2.24) is 5.32 Å². The first-order valence-electron chi connectivity index (χ1n) is 7.43. The van der Waals surface area contributed by atoms with Gasteiger partial charge in [-0.25, -0.2) is 0 Å². The van der Waals surface area contributed by atoms with Crippen LogP contribution in [0.2, 0.25) is 0 Å². The molecule has 2 heterocycles. The molecule has 4 heteroatoms. The predicted molar refractivity (Wildman–Crippen MR) is 95.4 cm³/mol. The highest BCUT2D eigenvalue weighted by Crippen LogP contribution is 2.47. The zero-order chi connectivity index (χ0) is 14.3. The van der Waals surface area contributed by atoms with E-state index in [0.29, 0.717) is 5.78 Å². The number of halogens is 1. The molecule has 0 atom stereocenters. The maximum Gasteiger partial charge on any atom is 0.174 e. The van der Waals surface area contributed by atoms with Gasteiger partial charge in [-0.15, -0.1) is 17.0 Å². The monoisotopic (exact) mass is 375 g/mol. The van der Waals surface area contributed by atoms with Crippen molar-refractivity contribution >= 4 is 34.5 Å². The Bertz CT molecular complexity index is 710. The molecule has 22 heavy (non-hydrogen) atoms. The van der Waals surface area contributed by atoms with E-state index >= 15 is 0 Å². The number of ketones is 1. The molecule has 0 radical (unpaired) electrons. The van der Waals surface area contributed by atoms with Crippen molar-refractivity contribution in [3.63, 3.8) is 0 Å². The Hall–Kier alpha value is -1.10. The molecular weight excluding hydrogens is 358 g/mol. The summed E-state index contributed by atoms with van der Waals surface area (Å²) in [5, 5.41) is 3.39. The largest absolute Gasteiger partial charge is 0.317 e. The van der Waals surface area contributed by atoms with Gasteiger partial charge in [-0.05, 0) is 43.6 Å². The lowest BCUT2D eigenvalue weighted by atomic mass is 9.68. The molecule has 2 aliphatic heterocycles. The third kappa shape index (κ3) is 2.34. The van der Waals surface area contributed by atoms with Gasteiger partial charge in [-0.3, -0.25) is 4.79 Å². The van der Waals surface area contributed by atoms with Crippen molar-refractivity contribution in [2.24, 2.45) is 0 Å². The SMILES string of the molecule is Br.O=C1c2ccccc2Sc2ccccc2C12CCNCC2. The number of hydrogen-bond donors (Lipinski definition) is 1. The lowest BCUT2D eigenvalue weighted by Gasteiger charge is -2.36. The highest BCUT2D eigenvalue weighted by atomic mass is 79.9. The highest BCUT2D eigenvalue weighted by molar-refractivity contribution is 8.93. The molecule has 0 saturated carbocycles. The van der Waals surface area contributed by atoms with Gasteiger partial charge in [-0.1, -0.05) is 48.2 Å². The number of rotatable bonds is 0. The summed E-state index contributed by atoms with van der Waals surface area (Å²) >= 11 is 1.73. The molecule has 4 rings (SSSR count). The predicted octanol–water partition coefficient (Wildman–Crippen LogP) is 4.23. The molecule has 2 aromatic carbocycles. The minimum Gasteiger partial charge on any atom is -0.317 e. The van der Waals surface area contributed by atoms with Crippen molar-refractivity contribution in [3.05, 3.63) is 59.7 Å². The second-order valence-corrected chi connectivity index (χ2v) is 6.84. The molecule has 0 aliphatic carbocycles. The summed E-state index contributed by atoms with van der Waals surface area (Å²) in [6.45, 7) is 1.82. The Kier molecular flexibility index (Phi) is 4.44. The molecule has 114 valence electrons. The summed E-state index contributed by atoms with van der Waals surface area (Å²) in [5.74, 6) is 0.303. The molecule has 2 aliphatic rings. The van der Waals surface area contributed by atoms with Crippen LogP contribution in [0.5, 0.6) is 0 Å². The second-order valence-electron chi connectivity index (χ2n) is 5.76. The number of hydrogen-bond acceptors (Lipinski definition) is 3. The van der Waals surface area contributed by atoms with Crippen molar-refractivity contribution in [1.29, 1.82) is 0 Å². The first-order valence-corrected chi connectivity index (χ1v) is 8.25. The van der Waals surface area contributed by atoms with E-state index in [1.165, 1.54) is 10.5 Å². The number of piperidine rings is 1. The lowest BCUT2D eigenvalue weighted by Crippen LogP contribution is -2.45. The molecular formula is C18H18BrNOS. The summed E-state index contributed by atoms with van der Waals surface area (Å²) < 4.78 is 0. The first-order chi connectivity index (χ1) is 10.3. The maximum atomic E-state index is 13.3. The van der Waals surface area contributed by atoms with Crippen molar-refractivity contribution in [3.8, 4) is 0 Å².